The Kier molecular flexibility index (Phi) is 6.26. The molecule has 0 spiro atoms. The van der Waals surface area contributed by atoms with Gasteiger partial charge in [-0.3, -0.25) is 9.52 Å². The van der Waals surface area contributed by atoms with Crippen molar-refractivity contribution in [2.75, 3.05) is 11.3 Å². The SMILES string of the molecule is O=C(O)CCc1ccc(S(=O)(=O)Nc2ccc(OCC(F)(F)F)nc2)cc1. The molecule has 2 aromatic rings. The highest BCUT2D eigenvalue weighted by Gasteiger charge is 2.28. The van der Waals surface area contributed by atoms with Crippen LogP contribution in [0, 0.1) is 0 Å². The minimum absolute atomic E-state index is 0.0457. The summed E-state index contributed by atoms with van der Waals surface area (Å²) >= 11 is 0. The molecule has 7 nitrogen and oxygen atoms in total. The number of aromatic nitrogens is 1. The van der Waals surface area contributed by atoms with E-state index >= 15 is 0 Å². The summed E-state index contributed by atoms with van der Waals surface area (Å²) in [6.45, 7) is -1.50. The number of ether oxygens (including phenoxy) is 1. The first-order valence-electron chi connectivity index (χ1n) is 7.54. The Morgan fingerprint density at radius 2 is 1.81 bits per heavy atom. The Hall–Kier alpha value is -2.82. The number of carbonyl (C=O) groups is 1. The van der Waals surface area contributed by atoms with Gasteiger partial charge in [0.15, 0.2) is 6.61 Å². The number of carboxylic acid groups (broad SMARTS) is 1. The van der Waals surface area contributed by atoms with Gasteiger partial charge in [-0.2, -0.15) is 13.2 Å². The Labute approximate surface area is 152 Å². The van der Waals surface area contributed by atoms with Crippen LogP contribution in [0.25, 0.3) is 0 Å². The lowest BCUT2D eigenvalue weighted by atomic mass is 10.1. The lowest BCUT2D eigenvalue weighted by Crippen LogP contribution is -2.19. The van der Waals surface area contributed by atoms with Gasteiger partial charge in [0.05, 0.1) is 16.8 Å². The van der Waals surface area contributed by atoms with Crippen molar-refractivity contribution >= 4 is 21.7 Å². The lowest BCUT2D eigenvalue weighted by molar-refractivity contribution is -0.154. The first-order chi connectivity index (χ1) is 12.5. The van der Waals surface area contributed by atoms with Gasteiger partial charge in [-0.15, -0.1) is 0 Å². The molecule has 2 rings (SSSR count). The predicted molar refractivity (Wildman–Crippen MR) is 89.0 cm³/mol. The number of hydrogen-bond acceptors (Lipinski definition) is 5. The molecule has 0 saturated carbocycles. The van der Waals surface area contributed by atoms with Gasteiger partial charge in [-0.1, -0.05) is 12.1 Å². The maximum absolute atomic E-state index is 12.3. The Bertz CT molecular complexity index is 882. The predicted octanol–water partition coefficient (Wildman–Crippen LogP) is 2.84. The fourth-order valence-electron chi connectivity index (χ4n) is 1.98. The van der Waals surface area contributed by atoms with Gasteiger partial charge in [0, 0.05) is 12.5 Å². The number of rotatable bonds is 8. The van der Waals surface area contributed by atoms with Crippen molar-refractivity contribution in [2.24, 2.45) is 0 Å². The number of hydrogen-bond donors (Lipinski definition) is 2. The van der Waals surface area contributed by atoms with Gasteiger partial charge in [-0.25, -0.2) is 13.4 Å². The highest BCUT2D eigenvalue weighted by molar-refractivity contribution is 7.92. The molecule has 146 valence electrons. The topological polar surface area (TPSA) is 106 Å². The molecule has 0 atom stereocenters. The monoisotopic (exact) mass is 404 g/mol. The number of alkyl halides is 3. The maximum atomic E-state index is 12.3. The van der Waals surface area contributed by atoms with E-state index in [1.54, 1.807) is 0 Å². The van der Waals surface area contributed by atoms with Crippen molar-refractivity contribution in [3.63, 3.8) is 0 Å². The largest absolute Gasteiger partial charge is 0.481 e. The molecular formula is C16H15F3N2O5S. The molecule has 2 N–H and O–H groups in total. The number of aryl methyl sites for hydroxylation is 1. The summed E-state index contributed by atoms with van der Waals surface area (Å²) in [6, 6.07) is 7.99. The van der Waals surface area contributed by atoms with Crippen LogP contribution in [0.2, 0.25) is 0 Å². The molecule has 0 aliphatic carbocycles. The van der Waals surface area contributed by atoms with Crippen molar-refractivity contribution < 1.29 is 36.2 Å². The molecule has 0 unspecified atom stereocenters. The molecule has 27 heavy (non-hydrogen) atoms. The van der Waals surface area contributed by atoms with E-state index in [2.05, 4.69) is 14.4 Å². The molecule has 1 heterocycles. The van der Waals surface area contributed by atoms with Crippen LogP contribution < -0.4 is 9.46 Å². The van der Waals surface area contributed by atoms with Gasteiger partial charge >= 0.3 is 12.1 Å². The van der Waals surface area contributed by atoms with E-state index in [0.29, 0.717) is 5.56 Å². The second-order valence-electron chi connectivity index (χ2n) is 5.43. The van der Waals surface area contributed by atoms with Crippen molar-refractivity contribution in [1.29, 1.82) is 0 Å². The third kappa shape index (κ3) is 6.77. The zero-order valence-electron chi connectivity index (χ0n) is 13.7. The molecule has 0 fully saturated rings. The average molecular weight is 404 g/mol. The second kappa shape index (κ2) is 8.25. The Morgan fingerprint density at radius 3 is 2.33 bits per heavy atom. The maximum Gasteiger partial charge on any atom is 0.422 e. The summed E-state index contributed by atoms with van der Waals surface area (Å²) < 4.78 is 67.5. The molecule has 11 heteroatoms. The smallest absolute Gasteiger partial charge is 0.422 e. The summed E-state index contributed by atoms with van der Waals surface area (Å²) in [5.41, 5.74) is 0.716. The number of carboxylic acids is 1. The standard InChI is InChI=1S/C16H15F3N2O5S/c17-16(18,19)10-26-14-7-4-12(9-20-14)21-27(24,25)13-5-1-11(2-6-13)3-8-15(22)23/h1-2,4-7,9,21H,3,8,10H2,(H,22,23). The second-order valence-corrected chi connectivity index (χ2v) is 7.11. The van der Waals surface area contributed by atoms with Crippen molar-refractivity contribution in [1.82, 2.24) is 4.98 Å². The van der Waals surface area contributed by atoms with E-state index in [4.69, 9.17) is 5.11 Å². The zero-order valence-corrected chi connectivity index (χ0v) is 14.5. The van der Waals surface area contributed by atoms with E-state index in [1.165, 1.54) is 30.3 Å². The molecule has 1 aromatic carbocycles. The molecule has 1 aromatic heterocycles. The summed E-state index contributed by atoms with van der Waals surface area (Å²) in [6.07, 6.45) is -3.27. The quantitative estimate of drug-likeness (QED) is 0.701. The van der Waals surface area contributed by atoms with Crippen LogP contribution in [0.15, 0.2) is 47.5 Å². The minimum Gasteiger partial charge on any atom is -0.481 e. The van der Waals surface area contributed by atoms with Gasteiger partial charge in [-0.05, 0) is 30.2 Å². The molecule has 0 bridgehead atoms. The number of nitrogens with zero attached hydrogens (tertiary/aromatic N) is 1. The fourth-order valence-corrected chi connectivity index (χ4v) is 3.03. The summed E-state index contributed by atoms with van der Waals surface area (Å²) in [4.78, 5) is 14.1. The normalized spacial score (nSPS) is 11.8. The fraction of sp³-hybridized carbons (Fsp3) is 0.250. The third-order valence-electron chi connectivity index (χ3n) is 3.23. The number of nitrogens with one attached hydrogen (secondary N) is 1. The third-order valence-corrected chi connectivity index (χ3v) is 4.63. The van der Waals surface area contributed by atoms with E-state index in [9.17, 15) is 26.4 Å². The van der Waals surface area contributed by atoms with Crippen LogP contribution >= 0.6 is 0 Å². The van der Waals surface area contributed by atoms with Gasteiger partial charge < -0.3 is 9.84 Å². The summed E-state index contributed by atoms with van der Waals surface area (Å²) in [5, 5.41) is 8.64. The Morgan fingerprint density at radius 1 is 1.15 bits per heavy atom. The van der Waals surface area contributed by atoms with Crippen LogP contribution in [-0.4, -0.2) is 37.3 Å². The molecule has 0 saturated heterocycles. The van der Waals surface area contributed by atoms with Crippen molar-refractivity contribution in [2.45, 2.75) is 23.9 Å². The molecule has 0 aliphatic rings. The van der Waals surface area contributed by atoms with Gasteiger partial charge in [0.2, 0.25) is 5.88 Å². The number of pyridine rings is 1. The van der Waals surface area contributed by atoms with E-state index in [0.717, 1.165) is 12.3 Å². The van der Waals surface area contributed by atoms with Crippen LogP contribution in [0.5, 0.6) is 5.88 Å². The molecular weight excluding hydrogens is 389 g/mol. The minimum atomic E-state index is -4.50. The first kappa shape index (κ1) is 20.5. The first-order valence-corrected chi connectivity index (χ1v) is 9.03. The van der Waals surface area contributed by atoms with Crippen LogP contribution in [0.3, 0.4) is 0 Å². The highest BCUT2D eigenvalue weighted by atomic mass is 32.2. The zero-order chi connectivity index (χ0) is 20.1. The van der Waals surface area contributed by atoms with Crippen LogP contribution in [-0.2, 0) is 21.2 Å². The molecule has 0 radical (unpaired) electrons. The molecule has 0 amide bonds. The van der Waals surface area contributed by atoms with E-state index < -0.39 is 28.8 Å². The van der Waals surface area contributed by atoms with Crippen molar-refractivity contribution in [3.05, 3.63) is 48.2 Å². The van der Waals surface area contributed by atoms with E-state index in [1.807, 2.05) is 0 Å². The summed E-state index contributed by atoms with van der Waals surface area (Å²) in [5.74, 6) is -1.25. The van der Waals surface area contributed by atoms with Gasteiger partial charge in [0.1, 0.15) is 0 Å². The number of benzene rings is 1. The van der Waals surface area contributed by atoms with Gasteiger partial charge in [0.25, 0.3) is 10.0 Å². The highest BCUT2D eigenvalue weighted by Crippen LogP contribution is 2.20. The van der Waals surface area contributed by atoms with Crippen LogP contribution in [0.4, 0.5) is 18.9 Å². The van der Waals surface area contributed by atoms with Crippen LogP contribution in [0.1, 0.15) is 12.0 Å². The van der Waals surface area contributed by atoms with Crippen molar-refractivity contribution in [3.8, 4) is 5.88 Å². The summed E-state index contributed by atoms with van der Waals surface area (Å²) in [7, 11) is -3.94. The Balaban J connectivity index is 2.02. The molecule has 0 aliphatic heterocycles. The average Bonchev–Trinajstić information content (AvgIpc) is 2.59. The number of anilines is 1. The lowest BCUT2D eigenvalue weighted by Gasteiger charge is -2.10. The number of sulfonamides is 1. The number of halogens is 3. The number of aliphatic carboxylic acids is 1. The van der Waals surface area contributed by atoms with E-state index in [-0.39, 0.29) is 29.3 Å².